The Morgan fingerprint density at radius 2 is 1.34 bits per heavy atom. The summed E-state index contributed by atoms with van der Waals surface area (Å²) in [4.78, 5) is 0. The number of nitriles is 1. The van der Waals surface area contributed by atoms with Crippen LogP contribution in [-0.4, -0.2) is 42.7 Å². The monoisotopic (exact) mass is 520 g/mol. The normalized spacial score (nSPS) is 17.8. The second-order valence-electron chi connectivity index (χ2n) is 8.72. The molecule has 9 heteroatoms. The van der Waals surface area contributed by atoms with E-state index in [1.165, 1.54) is 0 Å². The third kappa shape index (κ3) is 4.65. The van der Waals surface area contributed by atoms with Crippen LogP contribution < -0.4 is 34.2 Å². The SMILES string of the molecule is COc1cc(/C=C2/CCCC3=C2OC(N)=C(C#N)[C@@H]3c2cc(OC)c(OC)c(OC)c2)cc(OC)c1OC. The molecule has 2 aliphatic rings. The van der Waals surface area contributed by atoms with Crippen LogP contribution in [0.1, 0.15) is 36.3 Å². The number of rotatable bonds is 8. The lowest BCUT2D eigenvalue weighted by molar-refractivity contribution is 0.276. The van der Waals surface area contributed by atoms with E-state index >= 15 is 0 Å². The number of nitrogens with zero attached hydrogens (tertiary/aromatic N) is 1. The molecule has 0 fully saturated rings. The van der Waals surface area contributed by atoms with E-state index in [-0.39, 0.29) is 5.88 Å². The number of benzene rings is 2. The average molecular weight is 521 g/mol. The first-order valence-corrected chi connectivity index (χ1v) is 12.1. The predicted molar refractivity (Wildman–Crippen MR) is 142 cm³/mol. The van der Waals surface area contributed by atoms with Crippen molar-refractivity contribution in [1.29, 1.82) is 5.26 Å². The fourth-order valence-electron chi connectivity index (χ4n) is 5.07. The smallest absolute Gasteiger partial charge is 0.205 e. The van der Waals surface area contributed by atoms with Crippen LogP contribution in [0, 0.1) is 11.3 Å². The molecule has 200 valence electrons. The van der Waals surface area contributed by atoms with Gasteiger partial charge in [-0.2, -0.15) is 5.26 Å². The molecule has 0 saturated carbocycles. The summed E-state index contributed by atoms with van der Waals surface area (Å²) in [5.74, 6) is 3.39. The molecule has 2 N–H and O–H groups in total. The fourth-order valence-corrected chi connectivity index (χ4v) is 5.07. The van der Waals surface area contributed by atoms with E-state index in [9.17, 15) is 5.26 Å². The summed E-state index contributed by atoms with van der Waals surface area (Å²) in [6.45, 7) is 0. The Bertz CT molecular complexity index is 1320. The number of hydrogen-bond acceptors (Lipinski definition) is 9. The van der Waals surface area contributed by atoms with Gasteiger partial charge in [-0.3, -0.25) is 0 Å². The predicted octanol–water partition coefficient (Wildman–Crippen LogP) is 5.07. The first-order chi connectivity index (χ1) is 18.4. The van der Waals surface area contributed by atoms with E-state index in [1.54, 1.807) is 42.7 Å². The Labute approximate surface area is 222 Å². The van der Waals surface area contributed by atoms with Crippen LogP contribution in [0.15, 0.2) is 52.6 Å². The van der Waals surface area contributed by atoms with Crippen LogP contribution in [0.25, 0.3) is 6.08 Å². The van der Waals surface area contributed by atoms with Gasteiger partial charge in [0.2, 0.25) is 17.4 Å². The highest BCUT2D eigenvalue weighted by Gasteiger charge is 2.36. The topological polar surface area (TPSA) is 114 Å². The van der Waals surface area contributed by atoms with Gasteiger partial charge >= 0.3 is 0 Å². The van der Waals surface area contributed by atoms with Crippen LogP contribution in [0.3, 0.4) is 0 Å². The zero-order chi connectivity index (χ0) is 27.4. The summed E-state index contributed by atoms with van der Waals surface area (Å²) in [5, 5.41) is 10.1. The van der Waals surface area contributed by atoms with Crippen molar-refractivity contribution in [3.05, 3.63) is 63.8 Å². The maximum absolute atomic E-state index is 10.1. The third-order valence-electron chi connectivity index (χ3n) is 6.76. The Morgan fingerprint density at radius 1 is 0.816 bits per heavy atom. The van der Waals surface area contributed by atoms with Crippen molar-refractivity contribution >= 4 is 6.08 Å². The standard InChI is InChI=1S/C29H32N2O7/c1-32-21-11-16(12-22(33-2)27(21)36-5)10-17-8-7-9-19-25(20(15-30)29(31)38-26(17)19)18-13-23(34-3)28(37-6)24(14-18)35-4/h10-14,25H,7-9,31H2,1-6H3/b17-10-/t25-/m1/s1. The zero-order valence-corrected chi connectivity index (χ0v) is 22.5. The molecule has 9 nitrogen and oxygen atoms in total. The summed E-state index contributed by atoms with van der Waals surface area (Å²) in [6.07, 6.45) is 4.40. The van der Waals surface area contributed by atoms with Gasteiger partial charge in [-0.15, -0.1) is 0 Å². The minimum atomic E-state index is -0.430. The molecular formula is C29H32N2O7. The molecule has 0 aromatic heterocycles. The van der Waals surface area contributed by atoms with Gasteiger partial charge in [0.15, 0.2) is 23.0 Å². The lowest BCUT2D eigenvalue weighted by Crippen LogP contribution is -2.24. The molecular weight excluding hydrogens is 488 g/mol. The second kappa shape index (κ2) is 11.3. The van der Waals surface area contributed by atoms with Crippen LogP contribution in [-0.2, 0) is 4.74 Å². The lowest BCUT2D eigenvalue weighted by atomic mass is 9.76. The molecule has 0 unspecified atom stereocenters. The first kappa shape index (κ1) is 26.6. The molecule has 1 aliphatic heterocycles. The molecule has 0 radical (unpaired) electrons. The molecule has 0 bridgehead atoms. The average Bonchev–Trinajstić information content (AvgIpc) is 2.95. The fraction of sp³-hybridized carbons (Fsp3) is 0.345. The number of ether oxygens (including phenoxy) is 7. The zero-order valence-electron chi connectivity index (χ0n) is 22.5. The van der Waals surface area contributed by atoms with Crippen LogP contribution in [0.2, 0.25) is 0 Å². The molecule has 0 spiro atoms. The van der Waals surface area contributed by atoms with Crippen molar-refractivity contribution in [2.45, 2.75) is 25.2 Å². The molecule has 2 aromatic carbocycles. The highest BCUT2D eigenvalue weighted by atomic mass is 16.5. The highest BCUT2D eigenvalue weighted by Crippen LogP contribution is 2.50. The maximum atomic E-state index is 10.1. The van der Waals surface area contributed by atoms with E-state index in [0.29, 0.717) is 45.8 Å². The minimum absolute atomic E-state index is 0.0719. The first-order valence-electron chi connectivity index (χ1n) is 12.1. The maximum Gasteiger partial charge on any atom is 0.205 e. The molecule has 0 amide bonds. The van der Waals surface area contributed by atoms with Crippen molar-refractivity contribution in [3.63, 3.8) is 0 Å². The Balaban J connectivity index is 1.89. The summed E-state index contributed by atoms with van der Waals surface area (Å²) in [5.41, 5.74) is 10.2. The number of nitrogens with two attached hydrogens (primary N) is 1. The van der Waals surface area contributed by atoms with Crippen molar-refractivity contribution in [3.8, 4) is 40.6 Å². The van der Waals surface area contributed by atoms with Gasteiger partial charge in [-0.05, 0) is 71.9 Å². The molecule has 2 aromatic rings. The van der Waals surface area contributed by atoms with Gasteiger partial charge in [0.05, 0.1) is 42.7 Å². The molecule has 38 heavy (non-hydrogen) atoms. The second-order valence-corrected chi connectivity index (χ2v) is 8.72. The Morgan fingerprint density at radius 3 is 1.82 bits per heavy atom. The van der Waals surface area contributed by atoms with Gasteiger partial charge in [0.1, 0.15) is 17.4 Å². The van der Waals surface area contributed by atoms with Gasteiger partial charge < -0.3 is 38.9 Å². The Kier molecular flexibility index (Phi) is 7.91. The van der Waals surface area contributed by atoms with E-state index in [2.05, 4.69) is 6.07 Å². The van der Waals surface area contributed by atoms with Crippen LogP contribution in [0.5, 0.6) is 34.5 Å². The van der Waals surface area contributed by atoms with Crippen LogP contribution >= 0.6 is 0 Å². The summed E-state index contributed by atoms with van der Waals surface area (Å²) in [6, 6.07) is 9.72. The number of allylic oxidation sites excluding steroid dienone is 3. The number of hydrogen-bond donors (Lipinski definition) is 1. The van der Waals surface area contributed by atoms with E-state index in [0.717, 1.165) is 41.5 Å². The summed E-state index contributed by atoms with van der Waals surface area (Å²) >= 11 is 0. The minimum Gasteiger partial charge on any atom is -0.493 e. The Hall–Kier alpha value is -4.45. The van der Waals surface area contributed by atoms with E-state index in [1.807, 2.05) is 30.3 Å². The van der Waals surface area contributed by atoms with Gasteiger partial charge in [-0.25, -0.2) is 0 Å². The van der Waals surface area contributed by atoms with Crippen molar-refractivity contribution in [1.82, 2.24) is 0 Å². The van der Waals surface area contributed by atoms with Crippen molar-refractivity contribution in [2.75, 3.05) is 42.7 Å². The summed E-state index contributed by atoms with van der Waals surface area (Å²) in [7, 11) is 9.40. The van der Waals surface area contributed by atoms with Gasteiger partial charge in [0.25, 0.3) is 0 Å². The molecule has 1 aliphatic carbocycles. The molecule has 0 saturated heterocycles. The van der Waals surface area contributed by atoms with E-state index < -0.39 is 5.92 Å². The van der Waals surface area contributed by atoms with Gasteiger partial charge in [0, 0.05) is 5.92 Å². The van der Waals surface area contributed by atoms with E-state index in [4.69, 9.17) is 38.9 Å². The summed E-state index contributed by atoms with van der Waals surface area (Å²) < 4.78 is 39.3. The van der Waals surface area contributed by atoms with Crippen molar-refractivity contribution < 1.29 is 33.2 Å². The molecule has 4 rings (SSSR count). The highest BCUT2D eigenvalue weighted by molar-refractivity contribution is 5.68. The quantitative estimate of drug-likeness (QED) is 0.510. The van der Waals surface area contributed by atoms with Crippen LogP contribution in [0.4, 0.5) is 0 Å². The molecule has 1 heterocycles. The van der Waals surface area contributed by atoms with Crippen molar-refractivity contribution in [2.24, 2.45) is 5.73 Å². The van der Waals surface area contributed by atoms with Gasteiger partial charge in [-0.1, -0.05) is 0 Å². The number of methoxy groups -OCH3 is 6. The lowest BCUT2D eigenvalue weighted by Gasteiger charge is -2.33. The molecule has 1 atom stereocenters. The largest absolute Gasteiger partial charge is 0.493 e. The third-order valence-corrected chi connectivity index (χ3v) is 6.76.